The molecule has 4 rings (SSSR count). The first-order chi connectivity index (χ1) is 16.8. The third-order valence-corrected chi connectivity index (χ3v) is 6.33. The number of aryl methyl sites for hydroxylation is 1. The highest BCUT2D eigenvalue weighted by molar-refractivity contribution is 9.10. The van der Waals surface area contributed by atoms with Crippen LogP contribution in [-0.4, -0.2) is 36.2 Å². The molecule has 0 fully saturated rings. The Morgan fingerprint density at radius 1 is 1.03 bits per heavy atom. The van der Waals surface area contributed by atoms with E-state index in [-0.39, 0.29) is 24.6 Å². The summed E-state index contributed by atoms with van der Waals surface area (Å²) in [5, 5.41) is 13.8. The summed E-state index contributed by atoms with van der Waals surface area (Å²) >= 11 is 3.35. The van der Waals surface area contributed by atoms with E-state index in [0.717, 1.165) is 27.8 Å². The molecule has 7 nitrogen and oxygen atoms in total. The SMILES string of the molecule is Cc1cc(Br)c(C(=O)NCC#CC(=O)O)cc1NC(=O)OCC1c2ccccc2-c2ccccc21. The van der Waals surface area contributed by atoms with E-state index in [0.29, 0.717) is 10.2 Å². The van der Waals surface area contributed by atoms with Crippen molar-refractivity contribution in [3.8, 4) is 23.0 Å². The topological polar surface area (TPSA) is 105 Å². The van der Waals surface area contributed by atoms with E-state index in [1.165, 1.54) is 6.07 Å². The number of amides is 2. The zero-order chi connectivity index (χ0) is 24.9. The molecule has 0 heterocycles. The maximum absolute atomic E-state index is 12.7. The van der Waals surface area contributed by atoms with Gasteiger partial charge in [0.05, 0.1) is 12.1 Å². The molecule has 1 aliphatic rings. The molecular formula is C27H21BrN2O5. The van der Waals surface area contributed by atoms with E-state index in [2.05, 4.69) is 44.6 Å². The van der Waals surface area contributed by atoms with Crippen LogP contribution in [0.15, 0.2) is 65.1 Å². The van der Waals surface area contributed by atoms with E-state index in [1.807, 2.05) is 42.3 Å². The van der Waals surface area contributed by atoms with E-state index < -0.39 is 18.0 Å². The number of halogens is 1. The molecule has 3 N–H and O–H groups in total. The number of aliphatic carboxylic acids is 1. The van der Waals surface area contributed by atoms with Crippen molar-refractivity contribution in [3.63, 3.8) is 0 Å². The molecule has 0 saturated heterocycles. The third kappa shape index (κ3) is 5.36. The van der Waals surface area contributed by atoms with Crippen LogP contribution in [0, 0.1) is 18.8 Å². The van der Waals surface area contributed by atoms with Gasteiger partial charge in [0.15, 0.2) is 0 Å². The Morgan fingerprint density at radius 3 is 2.29 bits per heavy atom. The molecule has 176 valence electrons. The summed E-state index contributed by atoms with van der Waals surface area (Å²) in [7, 11) is 0. The Labute approximate surface area is 210 Å². The Morgan fingerprint density at radius 2 is 1.66 bits per heavy atom. The average molecular weight is 533 g/mol. The molecule has 0 unspecified atom stereocenters. The largest absolute Gasteiger partial charge is 0.472 e. The Kier molecular flexibility index (Phi) is 7.18. The summed E-state index contributed by atoms with van der Waals surface area (Å²) in [6.45, 7) is 1.84. The lowest BCUT2D eigenvalue weighted by Gasteiger charge is -2.16. The summed E-state index contributed by atoms with van der Waals surface area (Å²) in [4.78, 5) is 35.6. The van der Waals surface area contributed by atoms with Crippen LogP contribution in [0.3, 0.4) is 0 Å². The van der Waals surface area contributed by atoms with Crippen molar-refractivity contribution in [2.24, 2.45) is 0 Å². The number of carbonyl (C=O) groups excluding carboxylic acids is 2. The molecule has 0 radical (unpaired) electrons. The lowest BCUT2D eigenvalue weighted by molar-refractivity contribution is -0.130. The zero-order valence-corrected chi connectivity index (χ0v) is 20.3. The van der Waals surface area contributed by atoms with Gasteiger partial charge in [-0.3, -0.25) is 10.1 Å². The van der Waals surface area contributed by atoms with Gasteiger partial charge in [0.1, 0.15) is 6.61 Å². The summed E-state index contributed by atoms with van der Waals surface area (Å²) < 4.78 is 6.12. The van der Waals surface area contributed by atoms with Crippen molar-refractivity contribution in [1.82, 2.24) is 5.32 Å². The molecule has 0 bridgehead atoms. The number of carboxylic acids is 1. The summed E-state index contributed by atoms with van der Waals surface area (Å²) in [5.74, 6) is 2.46. The van der Waals surface area contributed by atoms with Gasteiger partial charge < -0.3 is 15.2 Å². The number of ether oxygens (including phenoxy) is 1. The monoisotopic (exact) mass is 532 g/mol. The molecule has 1 aliphatic carbocycles. The highest BCUT2D eigenvalue weighted by atomic mass is 79.9. The molecule has 0 spiro atoms. The molecule has 3 aromatic rings. The molecule has 35 heavy (non-hydrogen) atoms. The Balaban J connectivity index is 1.44. The summed E-state index contributed by atoms with van der Waals surface area (Å²) in [6, 6.07) is 19.4. The van der Waals surface area contributed by atoms with Gasteiger partial charge in [-0.15, -0.1) is 0 Å². The number of hydrogen-bond acceptors (Lipinski definition) is 4. The van der Waals surface area contributed by atoms with Crippen molar-refractivity contribution in [1.29, 1.82) is 0 Å². The minimum absolute atomic E-state index is 0.0626. The van der Waals surface area contributed by atoms with Crippen molar-refractivity contribution in [3.05, 3.63) is 87.4 Å². The van der Waals surface area contributed by atoms with E-state index in [1.54, 1.807) is 13.0 Å². The average Bonchev–Trinajstić information content (AvgIpc) is 3.15. The Bertz CT molecular complexity index is 1340. The molecule has 0 atom stereocenters. The number of carbonyl (C=O) groups is 3. The lowest BCUT2D eigenvalue weighted by atomic mass is 9.98. The number of anilines is 1. The van der Waals surface area contributed by atoms with Crippen molar-refractivity contribution in [2.75, 3.05) is 18.5 Å². The highest BCUT2D eigenvalue weighted by Gasteiger charge is 2.29. The zero-order valence-electron chi connectivity index (χ0n) is 18.7. The second-order valence-corrected chi connectivity index (χ2v) is 8.74. The number of fused-ring (bicyclic) bond motifs is 3. The number of nitrogens with one attached hydrogen (secondary N) is 2. The number of benzene rings is 3. The van der Waals surface area contributed by atoms with Crippen LogP contribution in [0.2, 0.25) is 0 Å². The molecule has 3 aromatic carbocycles. The van der Waals surface area contributed by atoms with Gasteiger partial charge in [0.25, 0.3) is 5.91 Å². The van der Waals surface area contributed by atoms with Crippen molar-refractivity contribution < 1.29 is 24.2 Å². The fourth-order valence-corrected chi connectivity index (χ4v) is 4.70. The first-order valence-corrected chi connectivity index (χ1v) is 11.6. The molecule has 8 heteroatoms. The van der Waals surface area contributed by atoms with E-state index >= 15 is 0 Å². The Hall–Kier alpha value is -4.09. The molecule has 0 aliphatic heterocycles. The van der Waals surface area contributed by atoms with Gasteiger partial charge in [-0.25, -0.2) is 9.59 Å². The predicted molar refractivity (Wildman–Crippen MR) is 135 cm³/mol. The second kappa shape index (κ2) is 10.5. The van der Waals surface area contributed by atoms with Gasteiger partial charge in [-0.2, -0.15) is 0 Å². The maximum atomic E-state index is 12.7. The van der Waals surface area contributed by atoms with Crippen LogP contribution in [0.1, 0.15) is 33.0 Å². The number of rotatable bonds is 5. The van der Waals surface area contributed by atoms with Crippen LogP contribution in [0.25, 0.3) is 11.1 Å². The van der Waals surface area contributed by atoms with Crippen molar-refractivity contribution in [2.45, 2.75) is 12.8 Å². The standard InChI is InChI=1S/C27H21BrN2O5/c1-16-13-23(28)21(26(33)29-12-6-11-25(31)32)14-24(16)30-27(34)35-15-22-19-9-4-2-7-17(19)18-8-3-5-10-20(18)22/h2-5,7-10,13-14,22H,12,15H2,1H3,(H,29,33)(H,30,34)(H,31,32). The smallest absolute Gasteiger partial charge is 0.411 e. The van der Waals surface area contributed by atoms with Crippen LogP contribution in [0.4, 0.5) is 10.5 Å². The minimum atomic E-state index is -1.27. The van der Waals surface area contributed by atoms with Gasteiger partial charge in [0, 0.05) is 22.0 Å². The number of carboxylic acid groups (broad SMARTS) is 1. The van der Waals surface area contributed by atoms with Gasteiger partial charge in [0.2, 0.25) is 0 Å². The van der Waals surface area contributed by atoms with Gasteiger partial charge in [-0.1, -0.05) is 54.5 Å². The molecule has 0 saturated carbocycles. The molecule has 0 aromatic heterocycles. The minimum Gasteiger partial charge on any atom is -0.472 e. The third-order valence-electron chi connectivity index (χ3n) is 5.67. The van der Waals surface area contributed by atoms with Crippen LogP contribution in [0.5, 0.6) is 0 Å². The lowest BCUT2D eigenvalue weighted by Crippen LogP contribution is -2.25. The summed E-state index contributed by atoms with van der Waals surface area (Å²) in [5.41, 5.74) is 5.94. The van der Waals surface area contributed by atoms with E-state index in [4.69, 9.17) is 9.84 Å². The quantitative estimate of drug-likeness (QED) is 0.404. The van der Waals surface area contributed by atoms with Crippen LogP contribution < -0.4 is 10.6 Å². The maximum Gasteiger partial charge on any atom is 0.411 e. The number of hydrogen-bond donors (Lipinski definition) is 3. The van der Waals surface area contributed by atoms with Crippen LogP contribution >= 0.6 is 15.9 Å². The van der Waals surface area contributed by atoms with Crippen molar-refractivity contribution >= 4 is 39.6 Å². The second-order valence-electron chi connectivity index (χ2n) is 7.89. The predicted octanol–water partition coefficient (Wildman–Crippen LogP) is 4.94. The molecular weight excluding hydrogens is 512 g/mol. The fourth-order valence-electron chi connectivity index (χ4n) is 4.07. The normalized spacial score (nSPS) is 11.5. The molecule has 2 amide bonds. The summed E-state index contributed by atoms with van der Waals surface area (Å²) in [6.07, 6.45) is -0.629. The van der Waals surface area contributed by atoms with Gasteiger partial charge in [-0.05, 0) is 62.8 Å². The fraction of sp³-hybridized carbons (Fsp3) is 0.148. The van der Waals surface area contributed by atoms with E-state index in [9.17, 15) is 14.4 Å². The van der Waals surface area contributed by atoms with Crippen LogP contribution in [-0.2, 0) is 9.53 Å². The first kappa shape index (κ1) is 24.0. The first-order valence-electron chi connectivity index (χ1n) is 10.8. The van der Waals surface area contributed by atoms with Gasteiger partial charge >= 0.3 is 12.1 Å². The highest BCUT2D eigenvalue weighted by Crippen LogP contribution is 2.44.